The molecule has 20 heavy (non-hydrogen) atoms. The molecular weight excluding hydrogens is 322 g/mol. The molecule has 0 unspecified atom stereocenters. The first-order valence-electron chi connectivity index (χ1n) is 5.97. The largest absolute Gasteiger partial charge is 0.496 e. The predicted molar refractivity (Wildman–Crippen MR) is 82.6 cm³/mol. The number of anilines is 2. The molecule has 0 aliphatic heterocycles. The summed E-state index contributed by atoms with van der Waals surface area (Å²) in [4.78, 5) is 10.3. The summed E-state index contributed by atoms with van der Waals surface area (Å²) in [5, 5.41) is 0. The van der Waals surface area contributed by atoms with Gasteiger partial charge >= 0.3 is 0 Å². The second kappa shape index (κ2) is 6.53. The van der Waals surface area contributed by atoms with E-state index in [9.17, 15) is 0 Å². The highest BCUT2D eigenvalue weighted by Gasteiger charge is 2.13. The normalized spacial score (nSPS) is 10.2. The molecule has 0 bridgehead atoms. The molecule has 0 aliphatic rings. The molecule has 0 amide bonds. The lowest BCUT2D eigenvalue weighted by atomic mass is 10.2. The third kappa shape index (κ3) is 3.00. The van der Waals surface area contributed by atoms with E-state index in [1.54, 1.807) is 7.11 Å². The number of nitrogens with two attached hydrogens (primary N) is 1. The van der Waals surface area contributed by atoms with Crippen molar-refractivity contribution in [3.63, 3.8) is 0 Å². The topological polar surface area (TPSA) is 76.3 Å². The predicted octanol–water partition coefficient (Wildman–Crippen LogP) is 2.17. The first-order valence-corrected chi connectivity index (χ1v) is 6.76. The summed E-state index contributed by atoms with van der Waals surface area (Å²) in [6.45, 7) is 0.656. The monoisotopic (exact) mass is 337 g/mol. The van der Waals surface area contributed by atoms with Crippen molar-refractivity contribution in [3.8, 4) is 5.75 Å². The zero-order valence-corrected chi connectivity index (χ0v) is 12.9. The Kier molecular flexibility index (Phi) is 4.75. The number of rotatable bonds is 5. The molecule has 2 rings (SSSR count). The molecule has 0 saturated carbocycles. The molecule has 0 saturated heterocycles. The average Bonchev–Trinajstić information content (AvgIpc) is 2.48. The third-order valence-corrected chi connectivity index (χ3v) is 3.60. The number of benzene rings is 1. The van der Waals surface area contributed by atoms with Crippen LogP contribution >= 0.6 is 15.9 Å². The highest BCUT2D eigenvalue weighted by molar-refractivity contribution is 9.10. The summed E-state index contributed by atoms with van der Waals surface area (Å²) in [7, 11) is 3.61. The van der Waals surface area contributed by atoms with E-state index >= 15 is 0 Å². The highest BCUT2D eigenvalue weighted by Crippen LogP contribution is 2.30. The van der Waals surface area contributed by atoms with Gasteiger partial charge in [-0.25, -0.2) is 15.8 Å². The Morgan fingerprint density at radius 2 is 2.10 bits per heavy atom. The van der Waals surface area contributed by atoms with Gasteiger partial charge in [0.25, 0.3) is 0 Å². The van der Waals surface area contributed by atoms with E-state index in [-0.39, 0.29) is 0 Å². The number of ether oxygens (including phenoxy) is 1. The quantitative estimate of drug-likeness (QED) is 0.643. The minimum Gasteiger partial charge on any atom is -0.496 e. The second-order valence-corrected chi connectivity index (χ2v) is 4.97. The van der Waals surface area contributed by atoms with Crippen molar-refractivity contribution in [2.24, 2.45) is 5.84 Å². The van der Waals surface area contributed by atoms with E-state index in [1.165, 1.54) is 6.33 Å². The van der Waals surface area contributed by atoms with Crippen LogP contribution in [0.1, 0.15) is 5.56 Å². The Balaban J connectivity index is 2.26. The van der Waals surface area contributed by atoms with Crippen molar-refractivity contribution in [2.45, 2.75) is 6.54 Å². The molecule has 0 radical (unpaired) electrons. The molecule has 7 heteroatoms. The number of nitrogens with one attached hydrogen (secondary N) is 1. The number of para-hydroxylation sites is 1. The molecule has 3 N–H and O–H groups in total. The lowest BCUT2D eigenvalue weighted by molar-refractivity contribution is 0.409. The summed E-state index contributed by atoms with van der Waals surface area (Å²) in [6.07, 6.45) is 1.47. The summed E-state index contributed by atoms with van der Waals surface area (Å²) < 4.78 is 6.08. The fourth-order valence-electron chi connectivity index (χ4n) is 1.89. The highest BCUT2D eigenvalue weighted by atomic mass is 79.9. The van der Waals surface area contributed by atoms with Crippen molar-refractivity contribution in [2.75, 3.05) is 24.5 Å². The molecule has 1 heterocycles. The van der Waals surface area contributed by atoms with E-state index in [0.29, 0.717) is 12.4 Å². The van der Waals surface area contributed by atoms with Crippen molar-refractivity contribution in [1.82, 2.24) is 9.97 Å². The summed E-state index contributed by atoms with van der Waals surface area (Å²) in [6, 6.07) is 7.88. The first kappa shape index (κ1) is 14.5. The standard InChI is InChI=1S/C13H16BrN5O/c1-19(7-9-5-3-4-6-10(9)20-2)13-11(14)12(18-15)16-8-17-13/h3-6,8H,7,15H2,1-2H3,(H,16,17,18). The van der Waals surface area contributed by atoms with Crippen molar-refractivity contribution in [1.29, 1.82) is 0 Å². The van der Waals surface area contributed by atoms with Crippen LogP contribution in [-0.2, 0) is 6.54 Å². The maximum Gasteiger partial charge on any atom is 0.159 e. The van der Waals surface area contributed by atoms with Crippen LogP contribution in [0.25, 0.3) is 0 Å². The molecule has 0 fully saturated rings. The zero-order chi connectivity index (χ0) is 14.5. The van der Waals surface area contributed by atoms with Gasteiger partial charge in [0.15, 0.2) is 5.82 Å². The third-order valence-electron chi connectivity index (χ3n) is 2.87. The van der Waals surface area contributed by atoms with Crippen LogP contribution in [-0.4, -0.2) is 24.1 Å². The fourth-order valence-corrected chi connectivity index (χ4v) is 2.51. The van der Waals surface area contributed by atoms with Crippen LogP contribution in [0.3, 0.4) is 0 Å². The van der Waals surface area contributed by atoms with Gasteiger partial charge in [-0.2, -0.15) is 0 Å². The van der Waals surface area contributed by atoms with E-state index in [0.717, 1.165) is 21.6 Å². The van der Waals surface area contributed by atoms with Crippen LogP contribution in [0.15, 0.2) is 35.1 Å². The van der Waals surface area contributed by atoms with Gasteiger partial charge in [0.05, 0.1) is 7.11 Å². The molecule has 1 aromatic heterocycles. The molecule has 1 aromatic carbocycles. The molecule has 2 aromatic rings. The number of nitrogens with zero attached hydrogens (tertiary/aromatic N) is 3. The summed E-state index contributed by atoms with van der Waals surface area (Å²) in [5.74, 6) is 7.55. The van der Waals surface area contributed by atoms with E-state index in [2.05, 4.69) is 31.3 Å². The van der Waals surface area contributed by atoms with Gasteiger partial charge in [-0.3, -0.25) is 0 Å². The van der Waals surface area contributed by atoms with Crippen molar-refractivity contribution >= 4 is 27.6 Å². The molecule has 6 nitrogen and oxygen atoms in total. The number of nitrogen functional groups attached to an aromatic ring is 1. The number of methoxy groups -OCH3 is 1. The van der Waals surface area contributed by atoms with E-state index in [4.69, 9.17) is 10.6 Å². The number of hydrazine groups is 1. The SMILES string of the molecule is COc1ccccc1CN(C)c1ncnc(NN)c1Br. The summed E-state index contributed by atoms with van der Waals surface area (Å²) in [5.41, 5.74) is 3.60. The van der Waals surface area contributed by atoms with Gasteiger partial charge < -0.3 is 15.1 Å². The smallest absolute Gasteiger partial charge is 0.159 e. The number of halogens is 1. The Hall–Kier alpha value is -1.86. The maximum absolute atomic E-state index is 5.41. The Bertz CT molecular complexity index is 593. The summed E-state index contributed by atoms with van der Waals surface area (Å²) >= 11 is 3.45. The number of hydrogen-bond donors (Lipinski definition) is 2. The number of aromatic nitrogens is 2. The van der Waals surface area contributed by atoms with Gasteiger partial charge in [-0.1, -0.05) is 18.2 Å². The molecule has 106 valence electrons. The Labute approximate surface area is 126 Å². The first-order chi connectivity index (χ1) is 9.67. The van der Waals surface area contributed by atoms with Gasteiger partial charge in [0, 0.05) is 19.2 Å². The Morgan fingerprint density at radius 1 is 1.35 bits per heavy atom. The second-order valence-electron chi connectivity index (χ2n) is 4.17. The minimum absolute atomic E-state index is 0.543. The zero-order valence-electron chi connectivity index (χ0n) is 11.3. The Morgan fingerprint density at radius 3 is 2.80 bits per heavy atom. The van der Waals surface area contributed by atoms with E-state index < -0.39 is 0 Å². The van der Waals surface area contributed by atoms with Crippen LogP contribution in [0.5, 0.6) is 5.75 Å². The maximum atomic E-state index is 5.41. The van der Waals surface area contributed by atoms with Crippen LogP contribution in [0, 0.1) is 0 Å². The average molecular weight is 338 g/mol. The van der Waals surface area contributed by atoms with Crippen molar-refractivity contribution in [3.05, 3.63) is 40.6 Å². The molecular formula is C13H16BrN5O. The number of hydrogen-bond acceptors (Lipinski definition) is 6. The van der Waals surface area contributed by atoms with Crippen molar-refractivity contribution < 1.29 is 4.74 Å². The van der Waals surface area contributed by atoms with Gasteiger partial charge in [0.2, 0.25) is 0 Å². The molecule has 0 atom stereocenters. The molecule has 0 aliphatic carbocycles. The van der Waals surface area contributed by atoms with Gasteiger partial charge in [0.1, 0.15) is 22.4 Å². The lowest BCUT2D eigenvalue weighted by Gasteiger charge is -2.21. The van der Waals surface area contributed by atoms with Crippen LogP contribution < -0.4 is 20.9 Å². The van der Waals surface area contributed by atoms with E-state index in [1.807, 2.05) is 36.2 Å². The molecule has 0 spiro atoms. The van der Waals surface area contributed by atoms with Gasteiger partial charge in [-0.05, 0) is 22.0 Å². The van der Waals surface area contributed by atoms with Crippen LogP contribution in [0.4, 0.5) is 11.6 Å². The van der Waals surface area contributed by atoms with Crippen LogP contribution in [0.2, 0.25) is 0 Å². The fraction of sp³-hybridized carbons (Fsp3) is 0.231. The van der Waals surface area contributed by atoms with Gasteiger partial charge in [-0.15, -0.1) is 0 Å². The lowest BCUT2D eigenvalue weighted by Crippen LogP contribution is -2.20. The minimum atomic E-state index is 0.543.